The number of carbonyl (C=O) groups is 1. The van der Waals surface area contributed by atoms with Gasteiger partial charge in [0, 0.05) is 25.6 Å². The van der Waals surface area contributed by atoms with Crippen LogP contribution in [0.1, 0.15) is 17.7 Å². The van der Waals surface area contributed by atoms with Gasteiger partial charge >= 0.3 is 6.03 Å². The fraction of sp³-hybridized carbons (Fsp3) is 0.474. The predicted octanol–water partition coefficient (Wildman–Crippen LogP) is 2.51. The lowest BCUT2D eigenvalue weighted by atomic mass is 10.0. The van der Waals surface area contributed by atoms with Gasteiger partial charge in [0.15, 0.2) is 0 Å². The summed E-state index contributed by atoms with van der Waals surface area (Å²) in [4.78, 5) is 14.6. The normalized spacial score (nSPS) is 22.8. The Kier molecular flexibility index (Phi) is 4.42. The minimum absolute atomic E-state index is 0.132. The number of anilines is 1. The Bertz CT molecular complexity index is 794. The summed E-state index contributed by atoms with van der Waals surface area (Å²) in [7, 11) is 0. The van der Waals surface area contributed by atoms with E-state index in [1.165, 1.54) is 5.56 Å². The number of morpholine rings is 1. The van der Waals surface area contributed by atoms with Crippen molar-refractivity contribution in [2.45, 2.75) is 25.9 Å². The number of aryl methyl sites for hydroxylation is 2. The van der Waals surface area contributed by atoms with Crippen LogP contribution in [0.25, 0.3) is 5.69 Å². The average molecular weight is 356 g/mol. The Morgan fingerprint density at radius 3 is 2.77 bits per heavy atom. The summed E-state index contributed by atoms with van der Waals surface area (Å²) in [6.45, 7) is 6.86. The first kappa shape index (κ1) is 17.1. The van der Waals surface area contributed by atoms with Crippen molar-refractivity contribution < 1.29 is 14.3 Å². The number of nitrogens with zero attached hydrogens (tertiary/aromatic N) is 3. The topological polar surface area (TPSA) is 68.6 Å². The van der Waals surface area contributed by atoms with Gasteiger partial charge in [-0.2, -0.15) is 5.10 Å². The second kappa shape index (κ2) is 6.74. The third-order valence-corrected chi connectivity index (χ3v) is 4.95. The van der Waals surface area contributed by atoms with Gasteiger partial charge in [0.1, 0.15) is 11.4 Å². The second-order valence-corrected chi connectivity index (χ2v) is 7.10. The van der Waals surface area contributed by atoms with Gasteiger partial charge in [0.05, 0.1) is 31.1 Å². The maximum atomic E-state index is 12.8. The van der Waals surface area contributed by atoms with Crippen molar-refractivity contribution in [1.82, 2.24) is 14.7 Å². The van der Waals surface area contributed by atoms with E-state index in [1.54, 1.807) is 9.58 Å². The SMILES string of the molecule is Cc1ccc(-n2nc(C)cc2NC(=O)N2CCOC3(CCOC3)C2)cc1. The van der Waals surface area contributed by atoms with E-state index in [2.05, 4.69) is 10.4 Å². The lowest BCUT2D eigenvalue weighted by Crippen LogP contribution is -2.55. The van der Waals surface area contributed by atoms with Crippen LogP contribution in [0.2, 0.25) is 0 Å². The molecule has 0 aliphatic carbocycles. The average Bonchev–Trinajstić information content (AvgIpc) is 3.22. The number of aromatic nitrogens is 2. The summed E-state index contributed by atoms with van der Waals surface area (Å²) in [6.07, 6.45) is 0.831. The molecule has 3 heterocycles. The maximum absolute atomic E-state index is 12.8. The van der Waals surface area contributed by atoms with E-state index in [1.807, 2.05) is 44.2 Å². The lowest BCUT2D eigenvalue weighted by molar-refractivity contribution is -0.0964. The van der Waals surface area contributed by atoms with Gasteiger partial charge in [0.2, 0.25) is 0 Å². The summed E-state index contributed by atoms with van der Waals surface area (Å²) < 4.78 is 13.1. The highest BCUT2D eigenvalue weighted by Gasteiger charge is 2.41. The van der Waals surface area contributed by atoms with E-state index >= 15 is 0 Å². The highest BCUT2D eigenvalue weighted by molar-refractivity contribution is 5.89. The molecule has 0 saturated carbocycles. The molecule has 2 aliphatic heterocycles. The molecule has 2 aliphatic rings. The van der Waals surface area contributed by atoms with Gasteiger partial charge in [-0.3, -0.25) is 5.32 Å². The van der Waals surface area contributed by atoms with Crippen molar-refractivity contribution in [3.05, 3.63) is 41.6 Å². The second-order valence-electron chi connectivity index (χ2n) is 7.10. The quantitative estimate of drug-likeness (QED) is 0.898. The smallest absolute Gasteiger partial charge is 0.323 e. The largest absolute Gasteiger partial charge is 0.378 e. The summed E-state index contributed by atoms with van der Waals surface area (Å²) in [5.41, 5.74) is 2.61. The molecule has 1 spiro atoms. The predicted molar refractivity (Wildman–Crippen MR) is 97.7 cm³/mol. The molecular formula is C19H24N4O3. The number of carbonyl (C=O) groups excluding carboxylic acids is 1. The van der Waals surface area contributed by atoms with E-state index in [9.17, 15) is 4.79 Å². The summed E-state index contributed by atoms with van der Waals surface area (Å²) in [5.74, 6) is 0.666. The Balaban J connectivity index is 1.52. The molecule has 7 heteroatoms. The van der Waals surface area contributed by atoms with Gasteiger partial charge in [-0.05, 0) is 26.0 Å². The lowest BCUT2D eigenvalue weighted by Gasteiger charge is -2.39. The molecule has 0 radical (unpaired) electrons. The zero-order chi connectivity index (χ0) is 18.1. The molecule has 138 valence electrons. The van der Waals surface area contributed by atoms with Crippen LogP contribution >= 0.6 is 0 Å². The van der Waals surface area contributed by atoms with Gasteiger partial charge in [-0.1, -0.05) is 17.7 Å². The Morgan fingerprint density at radius 2 is 2.04 bits per heavy atom. The van der Waals surface area contributed by atoms with Crippen molar-refractivity contribution in [2.75, 3.05) is 38.2 Å². The standard InChI is InChI=1S/C19H24N4O3/c1-14-3-5-16(6-4-14)23-17(11-15(2)21-23)20-18(24)22-8-10-26-19(12-22)7-9-25-13-19/h3-6,11H,7-10,12-13H2,1-2H3,(H,20,24). The van der Waals surface area contributed by atoms with E-state index in [0.717, 1.165) is 17.8 Å². The van der Waals surface area contributed by atoms with Crippen LogP contribution in [-0.2, 0) is 9.47 Å². The Morgan fingerprint density at radius 1 is 1.23 bits per heavy atom. The highest BCUT2D eigenvalue weighted by Crippen LogP contribution is 2.28. The van der Waals surface area contributed by atoms with Gasteiger partial charge in [0.25, 0.3) is 0 Å². The molecule has 7 nitrogen and oxygen atoms in total. The van der Waals surface area contributed by atoms with Crippen molar-refractivity contribution in [3.63, 3.8) is 0 Å². The molecule has 0 bridgehead atoms. The first-order valence-electron chi connectivity index (χ1n) is 8.96. The van der Waals surface area contributed by atoms with Gasteiger partial charge in [-0.25, -0.2) is 9.48 Å². The summed E-state index contributed by atoms with van der Waals surface area (Å²) in [6, 6.07) is 9.81. The number of benzene rings is 1. The molecule has 2 aromatic rings. The minimum atomic E-state index is -0.345. The number of hydrogen-bond acceptors (Lipinski definition) is 4. The Hall–Kier alpha value is -2.38. The molecule has 1 unspecified atom stereocenters. The monoisotopic (exact) mass is 356 g/mol. The molecule has 26 heavy (non-hydrogen) atoms. The third kappa shape index (κ3) is 3.32. The molecule has 2 amide bonds. The summed E-state index contributed by atoms with van der Waals surface area (Å²) >= 11 is 0. The van der Waals surface area contributed by atoms with Crippen LogP contribution in [0.5, 0.6) is 0 Å². The van der Waals surface area contributed by atoms with Crippen molar-refractivity contribution in [1.29, 1.82) is 0 Å². The molecule has 1 atom stereocenters. The van der Waals surface area contributed by atoms with Crippen LogP contribution in [0.3, 0.4) is 0 Å². The number of nitrogens with one attached hydrogen (secondary N) is 1. The fourth-order valence-electron chi connectivity index (χ4n) is 3.51. The van der Waals surface area contributed by atoms with Crippen LogP contribution in [0, 0.1) is 13.8 Å². The number of urea groups is 1. The van der Waals surface area contributed by atoms with Crippen molar-refractivity contribution in [3.8, 4) is 5.69 Å². The molecule has 1 N–H and O–H groups in total. The number of rotatable bonds is 2. The van der Waals surface area contributed by atoms with E-state index < -0.39 is 0 Å². The maximum Gasteiger partial charge on any atom is 0.323 e. The van der Waals surface area contributed by atoms with E-state index in [-0.39, 0.29) is 11.6 Å². The molecule has 4 rings (SSSR count). The van der Waals surface area contributed by atoms with Crippen LogP contribution in [-0.4, -0.2) is 59.2 Å². The zero-order valence-corrected chi connectivity index (χ0v) is 15.2. The van der Waals surface area contributed by atoms with E-state index in [4.69, 9.17) is 9.47 Å². The minimum Gasteiger partial charge on any atom is -0.378 e. The highest BCUT2D eigenvalue weighted by atomic mass is 16.6. The zero-order valence-electron chi connectivity index (χ0n) is 15.2. The van der Waals surface area contributed by atoms with Crippen LogP contribution in [0.4, 0.5) is 10.6 Å². The summed E-state index contributed by atoms with van der Waals surface area (Å²) in [5, 5.41) is 7.53. The first-order chi connectivity index (χ1) is 12.5. The van der Waals surface area contributed by atoms with Crippen molar-refractivity contribution in [2.24, 2.45) is 0 Å². The third-order valence-electron chi connectivity index (χ3n) is 4.95. The molecule has 1 aromatic carbocycles. The first-order valence-corrected chi connectivity index (χ1v) is 8.96. The molecular weight excluding hydrogens is 332 g/mol. The van der Waals surface area contributed by atoms with Gasteiger partial charge in [-0.15, -0.1) is 0 Å². The van der Waals surface area contributed by atoms with Crippen molar-refractivity contribution >= 4 is 11.8 Å². The van der Waals surface area contributed by atoms with Crippen LogP contribution < -0.4 is 5.32 Å². The number of hydrogen-bond donors (Lipinski definition) is 1. The van der Waals surface area contributed by atoms with E-state index in [0.29, 0.717) is 38.7 Å². The molecule has 2 fully saturated rings. The number of ether oxygens (including phenoxy) is 2. The number of amides is 2. The molecule has 1 aromatic heterocycles. The van der Waals surface area contributed by atoms with Crippen LogP contribution in [0.15, 0.2) is 30.3 Å². The fourth-order valence-corrected chi connectivity index (χ4v) is 3.51. The molecule has 2 saturated heterocycles. The Labute approximate surface area is 152 Å². The van der Waals surface area contributed by atoms with Gasteiger partial charge < -0.3 is 14.4 Å².